The number of aromatic hydroxyl groups is 1. The molecule has 5 rings (SSSR count). The molecule has 2 aromatic carbocycles. The molecule has 3 atom stereocenters. The quantitative estimate of drug-likeness (QED) is 0.197. The minimum atomic E-state index is -1.27. The van der Waals surface area contributed by atoms with Crippen molar-refractivity contribution in [3.8, 4) is 5.75 Å². The monoisotopic (exact) mass is 649 g/mol. The Morgan fingerprint density at radius 1 is 1.21 bits per heavy atom. The number of phenols is 1. The molecule has 218 valence electrons. The predicted octanol–water partition coefficient (Wildman–Crippen LogP) is 2.22. The fourth-order valence-electron chi connectivity index (χ4n) is 4.42. The van der Waals surface area contributed by atoms with Crippen molar-refractivity contribution in [2.45, 2.75) is 22.6 Å². The first kappa shape index (κ1) is 29.7. The van der Waals surface area contributed by atoms with Crippen molar-refractivity contribution in [1.82, 2.24) is 35.7 Å². The highest BCUT2D eigenvalue weighted by Gasteiger charge is 2.54. The Morgan fingerprint density at radius 3 is 2.62 bits per heavy atom. The molecular weight excluding hydrogens is 629 g/mol. The zero-order valence-electron chi connectivity index (χ0n) is 21.5. The highest BCUT2D eigenvalue weighted by atomic mass is 35.5. The lowest BCUT2D eigenvalue weighted by Gasteiger charge is -2.49. The number of carboxylic acid groups (broad SMARTS) is 1. The molecule has 4 N–H and O–H groups in total. The lowest BCUT2D eigenvalue weighted by Crippen LogP contribution is -2.71. The largest absolute Gasteiger partial charge is 0.506 e. The van der Waals surface area contributed by atoms with E-state index in [4.69, 9.17) is 23.2 Å². The van der Waals surface area contributed by atoms with Crippen LogP contribution in [0.25, 0.3) is 0 Å². The van der Waals surface area contributed by atoms with Crippen LogP contribution in [0.1, 0.15) is 22.0 Å². The minimum absolute atomic E-state index is 0.103. The summed E-state index contributed by atoms with van der Waals surface area (Å²) in [5.74, 6) is -3.36. The van der Waals surface area contributed by atoms with E-state index in [1.165, 1.54) is 40.3 Å². The standard InChI is InChI=1S/C25H21Cl2N7O6S2/c1-33-25(30-31-32-33)42-10-12-9-41-23-17(22(38)34(23)18(12)24(39)40)29-21(37)16(11-5-3-2-4-6-11)28-20(36)14-7-13(26)8-15(27)19(14)35/h2-8,16-17,23,35H,9-10H2,1H3,(H,28,36)(H,29,37)(H,39,40)/t16-,17?,23-/m0/s1. The molecule has 0 aliphatic carbocycles. The van der Waals surface area contributed by atoms with Gasteiger partial charge in [-0.1, -0.05) is 65.3 Å². The van der Waals surface area contributed by atoms with Crippen LogP contribution in [0.3, 0.4) is 0 Å². The third-order valence-corrected chi connectivity index (χ3v) is 9.39. The smallest absolute Gasteiger partial charge is 0.352 e. The maximum atomic E-state index is 13.5. The molecule has 3 amide bonds. The highest BCUT2D eigenvalue weighted by molar-refractivity contribution is 8.01. The van der Waals surface area contributed by atoms with E-state index in [2.05, 4.69) is 26.2 Å². The fourth-order valence-corrected chi connectivity index (χ4v) is 7.25. The molecule has 17 heteroatoms. The molecular formula is C25H21Cl2N7O6S2. The third-order valence-electron chi connectivity index (χ3n) is 6.45. The summed E-state index contributed by atoms with van der Waals surface area (Å²) in [4.78, 5) is 53.2. The number of nitrogens with one attached hydrogen (secondary N) is 2. The fraction of sp³-hybridized carbons (Fsp3) is 0.240. The summed E-state index contributed by atoms with van der Waals surface area (Å²) in [6.45, 7) is 0. The van der Waals surface area contributed by atoms with Crippen LogP contribution in [0.4, 0.5) is 0 Å². The molecule has 0 radical (unpaired) electrons. The number of hydrogen-bond acceptors (Lipinski definition) is 10. The number of phenolic OH excluding ortho intramolecular Hbond substituents is 1. The predicted molar refractivity (Wildman–Crippen MR) is 154 cm³/mol. The molecule has 1 unspecified atom stereocenters. The number of thioether (sulfide) groups is 2. The molecule has 42 heavy (non-hydrogen) atoms. The van der Waals surface area contributed by atoms with Crippen molar-refractivity contribution < 1.29 is 29.4 Å². The zero-order valence-corrected chi connectivity index (χ0v) is 24.7. The van der Waals surface area contributed by atoms with Gasteiger partial charge in [0.05, 0.1) is 10.6 Å². The molecule has 0 saturated carbocycles. The highest BCUT2D eigenvalue weighted by Crippen LogP contribution is 2.41. The maximum Gasteiger partial charge on any atom is 0.352 e. The Morgan fingerprint density at radius 2 is 1.95 bits per heavy atom. The molecule has 0 bridgehead atoms. The number of hydrogen-bond donors (Lipinski definition) is 4. The molecule has 13 nitrogen and oxygen atoms in total. The number of carbonyl (C=O) groups excluding carboxylic acids is 3. The van der Waals surface area contributed by atoms with Gasteiger partial charge in [-0.15, -0.1) is 16.9 Å². The molecule has 0 spiro atoms. The Bertz CT molecular complexity index is 1620. The number of aryl methyl sites for hydroxylation is 1. The molecule has 2 aliphatic heterocycles. The zero-order chi connectivity index (χ0) is 30.1. The normalized spacial score (nSPS) is 18.6. The number of rotatable bonds is 9. The number of nitrogens with zero attached hydrogens (tertiary/aromatic N) is 5. The number of halogens is 2. The van der Waals surface area contributed by atoms with Gasteiger partial charge in [0, 0.05) is 23.6 Å². The van der Waals surface area contributed by atoms with Crippen molar-refractivity contribution in [3.63, 3.8) is 0 Å². The molecule has 1 aromatic heterocycles. The first-order valence-electron chi connectivity index (χ1n) is 12.2. The third kappa shape index (κ3) is 5.77. The van der Waals surface area contributed by atoms with Crippen molar-refractivity contribution in [1.29, 1.82) is 0 Å². The van der Waals surface area contributed by atoms with Crippen molar-refractivity contribution in [2.75, 3.05) is 11.5 Å². The summed E-state index contributed by atoms with van der Waals surface area (Å²) in [5, 5.41) is 36.4. The van der Waals surface area contributed by atoms with Crippen LogP contribution in [-0.2, 0) is 21.4 Å². The van der Waals surface area contributed by atoms with Crippen LogP contribution in [0.15, 0.2) is 58.9 Å². The first-order valence-corrected chi connectivity index (χ1v) is 14.9. The maximum absolute atomic E-state index is 13.5. The second-order valence-electron chi connectivity index (χ2n) is 9.13. The van der Waals surface area contributed by atoms with Crippen LogP contribution in [-0.4, -0.2) is 81.9 Å². The summed E-state index contributed by atoms with van der Waals surface area (Å²) < 4.78 is 1.45. The summed E-state index contributed by atoms with van der Waals surface area (Å²) in [7, 11) is 1.66. The van der Waals surface area contributed by atoms with Gasteiger partial charge < -0.3 is 20.8 Å². The number of benzene rings is 2. The summed E-state index contributed by atoms with van der Waals surface area (Å²) in [5.41, 5.74) is 0.538. The van der Waals surface area contributed by atoms with E-state index in [1.807, 2.05) is 0 Å². The van der Waals surface area contributed by atoms with Gasteiger partial charge >= 0.3 is 5.97 Å². The lowest BCUT2D eigenvalue weighted by atomic mass is 10.0. The number of β-lactam (4-membered cyclic amide) rings is 1. The number of tetrazole rings is 1. The SMILES string of the molecule is Cn1nnnc1SCC1=C(C(=O)O)N2C(=O)C(NC(=O)[C@@H](NC(=O)c3cc(Cl)cc(Cl)c3O)c3ccccc3)[C@@H]2SC1. The Labute approximate surface area is 256 Å². The number of aliphatic carboxylic acids is 1. The van der Waals surface area contributed by atoms with Crippen LogP contribution in [0.5, 0.6) is 5.75 Å². The molecule has 3 heterocycles. The topological polar surface area (TPSA) is 180 Å². The number of carbonyl (C=O) groups is 4. The van der Waals surface area contributed by atoms with Gasteiger partial charge in [0.2, 0.25) is 11.1 Å². The van der Waals surface area contributed by atoms with E-state index in [9.17, 15) is 29.4 Å². The van der Waals surface area contributed by atoms with Crippen LogP contribution >= 0.6 is 46.7 Å². The number of amides is 3. The van der Waals surface area contributed by atoms with Crippen molar-refractivity contribution >= 4 is 70.4 Å². The minimum Gasteiger partial charge on any atom is -0.506 e. The van der Waals surface area contributed by atoms with Crippen LogP contribution in [0.2, 0.25) is 10.0 Å². The van der Waals surface area contributed by atoms with Gasteiger partial charge in [-0.2, -0.15) is 0 Å². The van der Waals surface area contributed by atoms with E-state index < -0.39 is 46.9 Å². The first-order chi connectivity index (χ1) is 20.1. The number of aromatic nitrogens is 4. The summed E-state index contributed by atoms with van der Waals surface area (Å²) in [6, 6.07) is 8.46. The van der Waals surface area contributed by atoms with Crippen LogP contribution in [0, 0.1) is 0 Å². The van der Waals surface area contributed by atoms with E-state index in [0.717, 1.165) is 4.90 Å². The Balaban J connectivity index is 1.34. The van der Waals surface area contributed by atoms with Gasteiger partial charge in [-0.3, -0.25) is 19.3 Å². The van der Waals surface area contributed by atoms with E-state index in [0.29, 0.717) is 22.0 Å². The van der Waals surface area contributed by atoms with E-state index in [-0.39, 0.29) is 27.1 Å². The van der Waals surface area contributed by atoms with E-state index in [1.54, 1.807) is 37.4 Å². The van der Waals surface area contributed by atoms with E-state index >= 15 is 0 Å². The molecule has 3 aromatic rings. The number of fused-ring (bicyclic) bond motifs is 1. The van der Waals surface area contributed by atoms with Crippen molar-refractivity contribution in [3.05, 3.63) is 74.9 Å². The Hall–Kier alpha value is -3.79. The second kappa shape index (κ2) is 12.2. The van der Waals surface area contributed by atoms with Gasteiger partial charge in [-0.25, -0.2) is 9.48 Å². The van der Waals surface area contributed by atoms with Gasteiger partial charge in [-0.05, 0) is 33.7 Å². The molecule has 1 fully saturated rings. The molecule has 2 aliphatic rings. The van der Waals surface area contributed by atoms with Gasteiger partial charge in [0.1, 0.15) is 28.9 Å². The van der Waals surface area contributed by atoms with Crippen molar-refractivity contribution in [2.24, 2.45) is 7.05 Å². The summed E-state index contributed by atoms with van der Waals surface area (Å²) >= 11 is 14.5. The number of carboxylic acids is 1. The summed E-state index contributed by atoms with van der Waals surface area (Å²) in [6.07, 6.45) is 0. The average Bonchev–Trinajstić information content (AvgIpc) is 3.39. The average molecular weight is 651 g/mol. The van der Waals surface area contributed by atoms with Crippen LogP contribution < -0.4 is 10.6 Å². The lowest BCUT2D eigenvalue weighted by molar-refractivity contribution is -0.151. The second-order valence-corrected chi connectivity index (χ2v) is 12.0. The van der Waals surface area contributed by atoms with Gasteiger partial charge in [0.15, 0.2) is 0 Å². The Kier molecular flexibility index (Phi) is 8.63. The molecule has 1 saturated heterocycles. The van der Waals surface area contributed by atoms with Gasteiger partial charge in [0.25, 0.3) is 11.8 Å².